The van der Waals surface area contributed by atoms with Crippen molar-refractivity contribution in [1.82, 2.24) is 14.5 Å². The molecule has 1 aromatic heterocycles. The lowest BCUT2D eigenvalue weighted by Gasteiger charge is -2.31. The van der Waals surface area contributed by atoms with Crippen molar-refractivity contribution in [2.24, 2.45) is 5.41 Å². The highest BCUT2D eigenvalue weighted by Gasteiger charge is 2.26. The van der Waals surface area contributed by atoms with Crippen LogP contribution in [0.25, 0.3) is 11.0 Å². The standard InChI is InChI=1S/C18H27N3O3/c1-5-20-13-8-6-7-9-14(13)21(17(20)24)12-16(23)19-15(10-11-22)18(2,3)4/h6-9,15,22H,5,10-12H2,1-4H3,(H,19,23). The van der Waals surface area contributed by atoms with E-state index in [9.17, 15) is 14.7 Å². The van der Waals surface area contributed by atoms with Gasteiger partial charge in [-0.25, -0.2) is 4.79 Å². The largest absolute Gasteiger partial charge is 0.396 e. The van der Waals surface area contributed by atoms with Gasteiger partial charge in [0.2, 0.25) is 5.91 Å². The van der Waals surface area contributed by atoms with Gasteiger partial charge in [-0.2, -0.15) is 0 Å². The highest BCUT2D eigenvalue weighted by Crippen LogP contribution is 2.21. The summed E-state index contributed by atoms with van der Waals surface area (Å²) in [6.45, 7) is 8.51. The number of aryl methyl sites for hydroxylation is 1. The van der Waals surface area contributed by atoms with E-state index in [1.165, 1.54) is 4.57 Å². The van der Waals surface area contributed by atoms with E-state index in [-0.39, 0.29) is 36.2 Å². The summed E-state index contributed by atoms with van der Waals surface area (Å²) in [5.41, 5.74) is 1.25. The Morgan fingerprint density at radius 1 is 1.21 bits per heavy atom. The van der Waals surface area contributed by atoms with Gasteiger partial charge in [-0.15, -0.1) is 0 Å². The minimum Gasteiger partial charge on any atom is -0.396 e. The third-order valence-corrected chi connectivity index (χ3v) is 4.34. The summed E-state index contributed by atoms with van der Waals surface area (Å²) in [7, 11) is 0. The molecule has 6 nitrogen and oxygen atoms in total. The van der Waals surface area contributed by atoms with Crippen molar-refractivity contribution >= 4 is 16.9 Å². The number of carbonyl (C=O) groups is 1. The van der Waals surface area contributed by atoms with Gasteiger partial charge in [0, 0.05) is 19.2 Å². The van der Waals surface area contributed by atoms with Crippen LogP contribution >= 0.6 is 0 Å². The Bertz CT molecular complexity index is 768. The third kappa shape index (κ3) is 3.70. The smallest absolute Gasteiger partial charge is 0.329 e. The number of fused-ring (bicyclic) bond motifs is 1. The van der Waals surface area contributed by atoms with Crippen molar-refractivity contribution in [3.63, 3.8) is 0 Å². The van der Waals surface area contributed by atoms with Gasteiger partial charge in [0.1, 0.15) is 6.54 Å². The monoisotopic (exact) mass is 333 g/mol. The van der Waals surface area contributed by atoms with Crippen LogP contribution in [-0.2, 0) is 17.9 Å². The Morgan fingerprint density at radius 2 is 1.79 bits per heavy atom. The maximum Gasteiger partial charge on any atom is 0.329 e. The fourth-order valence-corrected chi connectivity index (χ4v) is 2.97. The molecule has 0 fully saturated rings. The summed E-state index contributed by atoms with van der Waals surface area (Å²) in [4.78, 5) is 25.0. The highest BCUT2D eigenvalue weighted by molar-refractivity contribution is 5.81. The number of benzene rings is 1. The number of hydrogen-bond donors (Lipinski definition) is 2. The van der Waals surface area contributed by atoms with Gasteiger partial charge in [-0.05, 0) is 30.9 Å². The molecular formula is C18H27N3O3. The molecule has 2 N–H and O–H groups in total. The minimum absolute atomic E-state index is 0.0112. The van der Waals surface area contributed by atoms with E-state index < -0.39 is 0 Å². The van der Waals surface area contributed by atoms with Gasteiger partial charge < -0.3 is 10.4 Å². The Labute approximate surface area is 142 Å². The molecule has 0 aliphatic rings. The van der Waals surface area contributed by atoms with Crippen molar-refractivity contribution in [1.29, 1.82) is 0 Å². The lowest BCUT2D eigenvalue weighted by atomic mass is 9.85. The average molecular weight is 333 g/mol. The lowest BCUT2D eigenvalue weighted by Crippen LogP contribution is -2.46. The number of aliphatic hydroxyl groups excluding tert-OH is 1. The van der Waals surface area contributed by atoms with Gasteiger partial charge in [-0.3, -0.25) is 13.9 Å². The number of aliphatic hydroxyl groups is 1. The van der Waals surface area contributed by atoms with Crippen molar-refractivity contribution in [3.05, 3.63) is 34.7 Å². The third-order valence-electron chi connectivity index (χ3n) is 4.34. The Hall–Kier alpha value is -2.08. The zero-order valence-electron chi connectivity index (χ0n) is 14.9. The van der Waals surface area contributed by atoms with E-state index in [4.69, 9.17) is 0 Å². The van der Waals surface area contributed by atoms with E-state index in [0.717, 1.165) is 11.0 Å². The number of nitrogens with one attached hydrogen (secondary N) is 1. The summed E-state index contributed by atoms with van der Waals surface area (Å²) in [5.74, 6) is -0.218. The molecule has 0 radical (unpaired) electrons. The molecule has 6 heteroatoms. The summed E-state index contributed by atoms with van der Waals surface area (Å²) in [6, 6.07) is 7.34. The lowest BCUT2D eigenvalue weighted by molar-refractivity contribution is -0.123. The average Bonchev–Trinajstić information content (AvgIpc) is 2.78. The van der Waals surface area contributed by atoms with Crippen LogP contribution in [0.2, 0.25) is 0 Å². The first-order chi connectivity index (χ1) is 11.3. The van der Waals surface area contributed by atoms with Crippen LogP contribution in [-0.4, -0.2) is 32.8 Å². The number of imidazole rings is 1. The molecule has 1 atom stereocenters. The molecule has 0 spiro atoms. The second-order valence-corrected chi connectivity index (χ2v) is 7.10. The van der Waals surface area contributed by atoms with Crippen molar-refractivity contribution < 1.29 is 9.90 Å². The van der Waals surface area contributed by atoms with Crippen LogP contribution < -0.4 is 11.0 Å². The molecule has 1 aromatic carbocycles. The van der Waals surface area contributed by atoms with Crippen molar-refractivity contribution in [3.8, 4) is 0 Å². The quantitative estimate of drug-likeness (QED) is 0.845. The molecule has 24 heavy (non-hydrogen) atoms. The van der Waals surface area contributed by atoms with E-state index in [0.29, 0.717) is 13.0 Å². The topological polar surface area (TPSA) is 76.3 Å². The molecule has 1 unspecified atom stereocenters. The maximum atomic E-state index is 12.6. The molecule has 1 heterocycles. The summed E-state index contributed by atoms with van der Waals surface area (Å²) in [6.07, 6.45) is 0.487. The van der Waals surface area contributed by atoms with Gasteiger partial charge in [-0.1, -0.05) is 32.9 Å². The van der Waals surface area contributed by atoms with Crippen LogP contribution in [0.15, 0.2) is 29.1 Å². The van der Waals surface area contributed by atoms with Crippen LogP contribution in [0.5, 0.6) is 0 Å². The molecule has 0 bridgehead atoms. The second kappa shape index (κ2) is 7.21. The Morgan fingerprint density at radius 3 is 2.29 bits per heavy atom. The molecule has 0 saturated carbocycles. The van der Waals surface area contributed by atoms with Crippen molar-refractivity contribution in [2.45, 2.75) is 53.2 Å². The molecule has 2 rings (SSSR count). The van der Waals surface area contributed by atoms with Gasteiger partial charge >= 0.3 is 5.69 Å². The second-order valence-electron chi connectivity index (χ2n) is 7.10. The number of rotatable bonds is 6. The fraction of sp³-hybridized carbons (Fsp3) is 0.556. The van der Waals surface area contributed by atoms with E-state index in [1.54, 1.807) is 4.57 Å². The Kier molecular flexibility index (Phi) is 5.49. The summed E-state index contributed by atoms with van der Waals surface area (Å²) < 4.78 is 3.17. The van der Waals surface area contributed by atoms with E-state index >= 15 is 0 Å². The molecule has 0 aliphatic carbocycles. The first kappa shape index (κ1) is 18.3. The molecule has 2 aromatic rings. The van der Waals surface area contributed by atoms with E-state index in [2.05, 4.69) is 5.32 Å². The predicted molar refractivity (Wildman–Crippen MR) is 95.0 cm³/mol. The van der Waals surface area contributed by atoms with Crippen LogP contribution in [0, 0.1) is 5.41 Å². The highest BCUT2D eigenvalue weighted by atomic mass is 16.3. The first-order valence-electron chi connectivity index (χ1n) is 8.37. The van der Waals surface area contributed by atoms with Crippen LogP contribution in [0.4, 0.5) is 0 Å². The van der Waals surface area contributed by atoms with Crippen LogP contribution in [0.1, 0.15) is 34.1 Å². The normalized spacial score (nSPS) is 13.2. The van der Waals surface area contributed by atoms with Gasteiger partial charge in [0.05, 0.1) is 11.0 Å². The summed E-state index contributed by atoms with van der Waals surface area (Å²) in [5, 5.41) is 12.2. The first-order valence-corrected chi connectivity index (χ1v) is 8.37. The Balaban J connectivity index is 2.28. The molecule has 1 amide bonds. The molecular weight excluding hydrogens is 306 g/mol. The summed E-state index contributed by atoms with van der Waals surface area (Å²) >= 11 is 0. The van der Waals surface area contributed by atoms with E-state index in [1.807, 2.05) is 52.0 Å². The fourth-order valence-electron chi connectivity index (χ4n) is 2.97. The maximum absolute atomic E-state index is 12.6. The molecule has 0 aliphatic heterocycles. The van der Waals surface area contributed by atoms with Gasteiger partial charge in [0.25, 0.3) is 0 Å². The SMILES string of the molecule is CCn1c(=O)n(CC(=O)NC(CCO)C(C)(C)C)c2ccccc21. The number of para-hydroxylation sites is 2. The van der Waals surface area contributed by atoms with Crippen LogP contribution in [0.3, 0.4) is 0 Å². The zero-order chi connectivity index (χ0) is 17.9. The predicted octanol–water partition coefficient (Wildman–Crippen LogP) is 1.74. The zero-order valence-corrected chi connectivity index (χ0v) is 14.9. The van der Waals surface area contributed by atoms with Gasteiger partial charge in [0.15, 0.2) is 0 Å². The molecule has 132 valence electrons. The number of hydrogen-bond acceptors (Lipinski definition) is 3. The molecule has 0 saturated heterocycles. The number of aromatic nitrogens is 2. The number of amides is 1. The van der Waals surface area contributed by atoms with Crippen molar-refractivity contribution in [2.75, 3.05) is 6.61 Å². The number of carbonyl (C=O) groups excluding carboxylic acids is 1. The number of nitrogens with zero attached hydrogens (tertiary/aromatic N) is 2. The minimum atomic E-state index is -0.218.